The third-order valence-electron chi connectivity index (χ3n) is 4.35. The van der Waals surface area contributed by atoms with Crippen LogP contribution >= 0.6 is 0 Å². The van der Waals surface area contributed by atoms with Gasteiger partial charge in [0.15, 0.2) is 0 Å². The lowest BCUT2D eigenvalue weighted by Crippen LogP contribution is -2.56. The lowest BCUT2D eigenvalue weighted by atomic mass is 10.1. The number of aromatic nitrogens is 1. The fourth-order valence-corrected chi connectivity index (χ4v) is 3.00. The Labute approximate surface area is 158 Å². The number of piperazine rings is 1. The third kappa shape index (κ3) is 5.79. The zero-order chi connectivity index (χ0) is 18.9. The molecule has 2 N–H and O–H groups in total. The fourth-order valence-electron chi connectivity index (χ4n) is 3.00. The number of carbonyl (C=O) groups excluding carboxylic acids is 2. The van der Waals surface area contributed by atoms with Crippen molar-refractivity contribution in [1.82, 2.24) is 20.5 Å². The molecule has 27 heavy (non-hydrogen) atoms. The number of amides is 2. The SMILES string of the molecule is O=C(CC1C(=O)NCCN1Cc1ccccn1)NCCOc1ccccc1. The van der Waals surface area contributed by atoms with Crippen molar-refractivity contribution in [1.29, 1.82) is 0 Å². The summed E-state index contributed by atoms with van der Waals surface area (Å²) in [5.74, 6) is 0.479. The second-order valence-corrected chi connectivity index (χ2v) is 6.31. The number of hydrogen-bond acceptors (Lipinski definition) is 5. The van der Waals surface area contributed by atoms with E-state index in [9.17, 15) is 9.59 Å². The molecule has 1 saturated heterocycles. The molecule has 1 aromatic carbocycles. The number of rotatable bonds is 8. The largest absolute Gasteiger partial charge is 0.492 e. The number of nitrogens with zero attached hydrogens (tertiary/aromatic N) is 2. The third-order valence-corrected chi connectivity index (χ3v) is 4.35. The highest BCUT2D eigenvalue weighted by Crippen LogP contribution is 2.13. The van der Waals surface area contributed by atoms with E-state index in [-0.39, 0.29) is 18.2 Å². The van der Waals surface area contributed by atoms with Crippen LogP contribution in [0.1, 0.15) is 12.1 Å². The molecule has 0 spiro atoms. The van der Waals surface area contributed by atoms with E-state index in [4.69, 9.17) is 4.74 Å². The maximum atomic E-state index is 12.3. The lowest BCUT2D eigenvalue weighted by Gasteiger charge is -2.34. The van der Waals surface area contributed by atoms with Gasteiger partial charge in [0.1, 0.15) is 12.4 Å². The highest BCUT2D eigenvalue weighted by atomic mass is 16.5. The van der Waals surface area contributed by atoms with Gasteiger partial charge in [-0.25, -0.2) is 0 Å². The molecule has 2 heterocycles. The van der Waals surface area contributed by atoms with Gasteiger partial charge in [0.2, 0.25) is 11.8 Å². The Morgan fingerprint density at radius 2 is 2.04 bits per heavy atom. The molecule has 1 fully saturated rings. The van der Waals surface area contributed by atoms with Gasteiger partial charge >= 0.3 is 0 Å². The molecule has 2 aromatic rings. The second-order valence-electron chi connectivity index (χ2n) is 6.31. The Morgan fingerprint density at radius 3 is 2.81 bits per heavy atom. The Hall–Kier alpha value is -2.93. The van der Waals surface area contributed by atoms with Gasteiger partial charge in [0.25, 0.3) is 0 Å². The second kappa shape index (κ2) is 9.68. The first kappa shape index (κ1) is 18.8. The Balaban J connectivity index is 1.47. The minimum absolute atomic E-state index is 0.115. The number of para-hydroxylation sites is 1. The zero-order valence-electron chi connectivity index (χ0n) is 15.1. The molecule has 0 bridgehead atoms. The fraction of sp³-hybridized carbons (Fsp3) is 0.350. The van der Waals surface area contributed by atoms with Crippen molar-refractivity contribution in [2.45, 2.75) is 19.0 Å². The summed E-state index contributed by atoms with van der Waals surface area (Å²) < 4.78 is 5.55. The number of carbonyl (C=O) groups is 2. The first-order chi connectivity index (χ1) is 13.2. The van der Waals surface area contributed by atoms with Crippen LogP contribution in [0.5, 0.6) is 5.75 Å². The molecule has 142 valence electrons. The molecule has 1 aliphatic heterocycles. The number of ether oxygens (including phenoxy) is 1. The molecular formula is C20H24N4O3. The summed E-state index contributed by atoms with van der Waals surface area (Å²) in [5, 5.41) is 5.66. The average Bonchev–Trinajstić information content (AvgIpc) is 2.70. The van der Waals surface area contributed by atoms with Gasteiger partial charge < -0.3 is 15.4 Å². The van der Waals surface area contributed by atoms with Crippen LogP contribution in [0.15, 0.2) is 54.7 Å². The van der Waals surface area contributed by atoms with Crippen molar-refractivity contribution in [3.63, 3.8) is 0 Å². The smallest absolute Gasteiger partial charge is 0.237 e. The molecule has 1 atom stereocenters. The Morgan fingerprint density at radius 1 is 1.22 bits per heavy atom. The molecule has 0 radical (unpaired) electrons. The van der Waals surface area contributed by atoms with Crippen molar-refractivity contribution < 1.29 is 14.3 Å². The molecule has 7 heteroatoms. The van der Waals surface area contributed by atoms with Crippen molar-refractivity contribution in [2.75, 3.05) is 26.2 Å². The summed E-state index contributed by atoms with van der Waals surface area (Å²) in [4.78, 5) is 30.9. The highest BCUT2D eigenvalue weighted by Gasteiger charge is 2.31. The molecule has 1 aliphatic rings. The van der Waals surface area contributed by atoms with Gasteiger partial charge in [-0.15, -0.1) is 0 Å². The summed E-state index contributed by atoms with van der Waals surface area (Å²) in [6.45, 7) is 2.59. The minimum atomic E-state index is -0.490. The summed E-state index contributed by atoms with van der Waals surface area (Å²) in [5.41, 5.74) is 0.883. The maximum absolute atomic E-state index is 12.3. The van der Waals surface area contributed by atoms with Crippen LogP contribution in [0.3, 0.4) is 0 Å². The van der Waals surface area contributed by atoms with Crippen LogP contribution in [0.2, 0.25) is 0 Å². The number of benzene rings is 1. The molecule has 7 nitrogen and oxygen atoms in total. The van der Waals surface area contributed by atoms with Gasteiger partial charge in [-0.05, 0) is 24.3 Å². The van der Waals surface area contributed by atoms with Crippen LogP contribution < -0.4 is 15.4 Å². The monoisotopic (exact) mass is 368 g/mol. The predicted molar refractivity (Wildman–Crippen MR) is 101 cm³/mol. The van der Waals surface area contributed by atoms with Crippen LogP contribution in [0.25, 0.3) is 0 Å². The van der Waals surface area contributed by atoms with E-state index >= 15 is 0 Å². The van der Waals surface area contributed by atoms with Crippen LogP contribution in [-0.2, 0) is 16.1 Å². The highest BCUT2D eigenvalue weighted by molar-refractivity contribution is 5.88. The summed E-state index contributed by atoms with van der Waals surface area (Å²) in [6, 6.07) is 14.6. The zero-order valence-corrected chi connectivity index (χ0v) is 15.1. The van der Waals surface area contributed by atoms with E-state index < -0.39 is 6.04 Å². The normalized spacial score (nSPS) is 17.2. The first-order valence-corrected chi connectivity index (χ1v) is 9.08. The summed E-state index contributed by atoms with van der Waals surface area (Å²) in [7, 11) is 0. The van der Waals surface area contributed by atoms with Gasteiger partial charge in [-0.3, -0.25) is 19.5 Å². The average molecular weight is 368 g/mol. The van der Waals surface area contributed by atoms with Crippen molar-refractivity contribution in [3.05, 3.63) is 60.4 Å². The molecule has 3 rings (SSSR count). The van der Waals surface area contributed by atoms with Crippen LogP contribution in [0, 0.1) is 0 Å². The van der Waals surface area contributed by atoms with Crippen LogP contribution in [-0.4, -0.2) is 54.0 Å². The predicted octanol–water partition coefficient (Wildman–Crippen LogP) is 0.967. The number of pyridine rings is 1. The maximum Gasteiger partial charge on any atom is 0.237 e. The van der Waals surface area contributed by atoms with E-state index in [2.05, 4.69) is 15.6 Å². The standard InChI is InChI=1S/C20H24N4O3/c25-19(22-11-13-27-17-7-2-1-3-8-17)14-18-20(26)23-10-12-24(18)15-16-6-4-5-9-21-16/h1-9,18H,10-15H2,(H,22,25)(H,23,26). The van der Waals surface area contributed by atoms with Gasteiger partial charge in [0, 0.05) is 25.8 Å². The van der Waals surface area contributed by atoms with Crippen molar-refractivity contribution in [2.24, 2.45) is 0 Å². The van der Waals surface area contributed by atoms with E-state index in [0.717, 1.165) is 11.4 Å². The molecule has 0 saturated carbocycles. The van der Waals surface area contributed by atoms with Crippen molar-refractivity contribution >= 4 is 11.8 Å². The molecule has 0 aliphatic carbocycles. The van der Waals surface area contributed by atoms with E-state index in [1.807, 2.05) is 53.4 Å². The topological polar surface area (TPSA) is 83.6 Å². The molecular weight excluding hydrogens is 344 g/mol. The van der Waals surface area contributed by atoms with Crippen molar-refractivity contribution in [3.8, 4) is 5.75 Å². The quantitative estimate of drug-likeness (QED) is 0.679. The van der Waals surface area contributed by atoms with Gasteiger partial charge in [-0.2, -0.15) is 0 Å². The summed E-state index contributed by atoms with van der Waals surface area (Å²) in [6.07, 6.45) is 1.85. The van der Waals surface area contributed by atoms with E-state index in [1.165, 1.54) is 0 Å². The van der Waals surface area contributed by atoms with Gasteiger partial charge in [-0.1, -0.05) is 24.3 Å². The molecule has 2 amide bonds. The Bertz CT molecular complexity index is 739. The van der Waals surface area contributed by atoms with Gasteiger partial charge in [0.05, 0.1) is 24.7 Å². The minimum Gasteiger partial charge on any atom is -0.492 e. The number of hydrogen-bond donors (Lipinski definition) is 2. The Kier molecular flexibility index (Phi) is 6.76. The van der Waals surface area contributed by atoms with E-state index in [0.29, 0.717) is 32.8 Å². The molecule has 1 aromatic heterocycles. The molecule has 1 unspecified atom stereocenters. The lowest BCUT2D eigenvalue weighted by molar-refractivity contribution is -0.134. The van der Waals surface area contributed by atoms with Crippen LogP contribution in [0.4, 0.5) is 0 Å². The number of nitrogens with one attached hydrogen (secondary N) is 2. The van der Waals surface area contributed by atoms with E-state index in [1.54, 1.807) is 6.20 Å². The first-order valence-electron chi connectivity index (χ1n) is 9.08. The summed E-state index contributed by atoms with van der Waals surface area (Å²) >= 11 is 0.